The van der Waals surface area contributed by atoms with Crippen LogP contribution in [0.3, 0.4) is 0 Å². The SMILES string of the molecule is CCCSc1ccc([N+](=O)[O-])c(N/C(=N/CCC(=O)O)NC(=O)OCC)c1. The lowest BCUT2D eigenvalue weighted by Gasteiger charge is -2.12. The Morgan fingerprint density at radius 3 is 2.70 bits per heavy atom. The molecule has 1 rings (SSSR count). The molecule has 0 unspecified atom stereocenters. The van der Waals surface area contributed by atoms with Crippen LogP contribution in [0.5, 0.6) is 0 Å². The summed E-state index contributed by atoms with van der Waals surface area (Å²) in [6.07, 6.45) is -0.126. The third-order valence-electron chi connectivity index (χ3n) is 2.98. The first kappa shape index (κ1) is 22.2. The summed E-state index contributed by atoms with van der Waals surface area (Å²) in [7, 11) is 0. The van der Waals surface area contributed by atoms with Gasteiger partial charge in [-0.1, -0.05) is 6.92 Å². The van der Waals surface area contributed by atoms with Gasteiger partial charge >= 0.3 is 12.1 Å². The van der Waals surface area contributed by atoms with Gasteiger partial charge in [-0.3, -0.25) is 25.2 Å². The van der Waals surface area contributed by atoms with E-state index in [1.54, 1.807) is 19.1 Å². The van der Waals surface area contributed by atoms with Crippen LogP contribution >= 0.6 is 11.8 Å². The Kier molecular flexibility index (Phi) is 9.65. The molecule has 0 bridgehead atoms. The van der Waals surface area contributed by atoms with E-state index in [1.807, 2.05) is 6.92 Å². The smallest absolute Gasteiger partial charge is 0.413 e. The minimum absolute atomic E-state index is 0.123. The number of carboxylic acid groups (broad SMARTS) is 1. The fraction of sp³-hybridized carbons (Fsp3) is 0.438. The van der Waals surface area contributed by atoms with Crippen LogP contribution in [0.1, 0.15) is 26.7 Å². The number of alkyl carbamates (subject to hydrolysis) is 1. The second kappa shape index (κ2) is 11.7. The number of carbonyl (C=O) groups is 2. The fourth-order valence-corrected chi connectivity index (χ4v) is 2.65. The molecular formula is C16H22N4O6S. The molecule has 0 heterocycles. The first-order valence-corrected chi connectivity index (χ1v) is 9.24. The van der Waals surface area contributed by atoms with Crippen LogP contribution in [0.4, 0.5) is 16.2 Å². The predicted molar refractivity (Wildman–Crippen MR) is 102 cm³/mol. The van der Waals surface area contributed by atoms with Crippen molar-refractivity contribution in [2.45, 2.75) is 31.6 Å². The van der Waals surface area contributed by atoms with E-state index in [-0.39, 0.29) is 36.9 Å². The highest BCUT2D eigenvalue weighted by Crippen LogP contribution is 2.30. The van der Waals surface area contributed by atoms with Crippen molar-refractivity contribution in [2.75, 3.05) is 24.2 Å². The van der Waals surface area contributed by atoms with Gasteiger partial charge in [0.25, 0.3) is 5.69 Å². The number of nitrogens with zero attached hydrogens (tertiary/aromatic N) is 2. The van der Waals surface area contributed by atoms with E-state index in [1.165, 1.54) is 17.8 Å². The zero-order valence-electron chi connectivity index (χ0n) is 15.1. The molecule has 0 atom stereocenters. The van der Waals surface area contributed by atoms with E-state index in [2.05, 4.69) is 15.6 Å². The van der Waals surface area contributed by atoms with Crippen molar-refractivity contribution in [3.63, 3.8) is 0 Å². The molecule has 3 N–H and O–H groups in total. The molecule has 0 fully saturated rings. The number of carboxylic acids is 1. The fourth-order valence-electron chi connectivity index (χ4n) is 1.85. The van der Waals surface area contributed by atoms with E-state index in [9.17, 15) is 19.7 Å². The Morgan fingerprint density at radius 1 is 1.37 bits per heavy atom. The van der Waals surface area contributed by atoms with Gasteiger partial charge in [-0.05, 0) is 31.2 Å². The minimum atomic E-state index is -1.06. The molecule has 0 aliphatic rings. The summed E-state index contributed by atoms with van der Waals surface area (Å²) in [6, 6.07) is 4.58. The number of benzene rings is 1. The molecule has 10 nitrogen and oxygen atoms in total. The van der Waals surface area contributed by atoms with Gasteiger partial charge < -0.3 is 15.2 Å². The Bertz CT molecular complexity index is 710. The average molecular weight is 398 g/mol. The molecule has 0 saturated heterocycles. The van der Waals surface area contributed by atoms with Crippen LogP contribution in [-0.4, -0.2) is 47.0 Å². The Balaban J connectivity index is 3.09. The average Bonchev–Trinajstić information content (AvgIpc) is 2.59. The molecule has 1 amide bonds. The number of ether oxygens (including phenoxy) is 1. The molecule has 0 radical (unpaired) electrons. The summed E-state index contributed by atoms with van der Waals surface area (Å²) in [4.78, 5) is 37.8. The summed E-state index contributed by atoms with van der Waals surface area (Å²) < 4.78 is 4.77. The summed E-state index contributed by atoms with van der Waals surface area (Å²) in [5.41, 5.74) is -0.0700. The van der Waals surface area contributed by atoms with E-state index in [4.69, 9.17) is 9.84 Å². The van der Waals surface area contributed by atoms with Crippen molar-refractivity contribution in [3.05, 3.63) is 28.3 Å². The Labute approximate surface area is 160 Å². The number of amides is 1. The van der Waals surface area contributed by atoms with Gasteiger partial charge in [-0.2, -0.15) is 0 Å². The van der Waals surface area contributed by atoms with Gasteiger partial charge in [0.15, 0.2) is 0 Å². The van der Waals surface area contributed by atoms with Crippen LogP contribution in [0.25, 0.3) is 0 Å². The topological polar surface area (TPSA) is 143 Å². The van der Waals surface area contributed by atoms with Crippen molar-refractivity contribution in [1.82, 2.24) is 5.32 Å². The van der Waals surface area contributed by atoms with E-state index >= 15 is 0 Å². The lowest BCUT2D eigenvalue weighted by Crippen LogP contribution is -2.36. The van der Waals surface area contributed by atoms with Crippen molar-refractivity contribution >= 4 is 41.2 Å². The quantitative estimate of drug-likeness (QED) is 0.189. The van der Waals surface area contributed by atoms with Gasteiger partial charge in [-0.15, -0.1) is 11.8 Å². The molecule has 0 aromatic heterocycles. The standard InChI is InChI=1S/C16H22N4O6S/c1-3-9-27-11-5-6-13(20(24)25)12(10-11)18-15(17-8-7-14(21)22)19-16(23)26-4-2/h5-6,10H,3-4,7-9H2,1-2H3,(H,21,22)(H2,17,18,19,23). The number of anilines is 1. The first-order chi connectivity index (χ1) is 12.9. The molecule has 0 saturated carbocycles. The van der Waals surface area contributed by atoms with Gasteiger partial charge in [0.05, 0.1) is 24.5 Å². The summed E-state index contributed by atoms with van der Waals surface area (Å²) in [5.74, 6) is -0.341. The van der Waals surface area contributed by atoms with Crippen LogP contribution in [-0.2, 0) is 9.53 Å². The molecule has 1 aromatic rings. The van der Waals surface area contributed by atoms with Crippen molar-refractivity contribution in [3.8, 4) is 0 Å². The van der Waals surface area contributed by atoms with Gasteiger partial charge in [0.1, 0.15) is 5.69 Å². The van der Waals surface area contributed by atoms with Gasteiger partial charge in [0, 0.05) is 11.0 Å². The van der Waals surface area contributed by atoms with Crippen molar-refractivity contribution in [2.24, 2.45) is 4.99 Å². The molecule has 27 heavy (non-hydrogen) atoms. The highest BCUT2D eigenvalue weighted by atomic mass is 32.2. The van der Waals surface area contributed by atoms with Crippen LogP contribution in [0, 0.1) is 10.1 Å². The molecule has 11 heteroatoms. The molecule has 148 valence electrons. The van der Waals surface area contributed by atoms with E-state index in [0.717, 1.165) is 17.1 Å². The number of aliphatic imine (C=N–C) groups is 1. The Hall–Kier alpha value is -2.82. The second-order valence-corrected chi connectivity index (χ2v) is 6.30. The molecule has 1 aromatic carbocycles. The zero-order valence-corrected chi connectivity index (χ0v) is 15.9. The van der Waals surface area contributed by atoms with Gasteiger partial charge in [0.2, 0.25) is 5.96 Å². The molecular weight excluding hydrogens is 376 g/mol. The van der Waals surface area contributed by atoms with Crippen molar-refractivity contribution in [1.29, 1.82) is 0 Å². The van der Waals surface area contributed by atoms with E-state index in [0.29, 0.717) is 0 Å². The van der Waals surface area contributed by atoms with Crippen molar-refractivity contribution < 1.29 is 24.4 Å². The van der Waals surface area contributed by atoms with Crippen LogP contribution in [0.2, 0.25) is 0 Å². The third kappa shape index (κ3) is 8.40. The molecule has 0 aliphatic carbocycles. The predicted octanol–water partition coefficient (Wildman–Crippen LogP) is 3.09. The second-order valence-electron chi connectivity index (χ2n) is 5.13. The van der Waals surface area contributed by atoms with Gasteiger partial charge in [-0.25, -0.2) is 4.79 Å². The van der Waals surface area contributed by atoms with Crippen LogP contribution < -0.4 is 10.6 Å². The lowest BCUT2D eigenvalue weighted by molar-refractivity contribution is -0.383. The summed E-state index contributed by atoms with van der Waals surface area (Å²) in [6.45, 7) is 3.64. The number of nitro benzene ring substituents is 1. The number of nitrogens with one attached hydrogen (secondary N) is 2. The number of aliphatic carboxylic acids is 1. The maximum Gasteiger partial charge on any atom is 0.413 e. The monoisotopic (exact) mass is 398 g/mol. The minimum Gasteiger partial charge on any atom is -0.481 e. The zero-order chi connectivity index (χ0) is 20.2. The number of thioether (sulfide) groups is 1. The number of carbonyl (C=O) groups excluding carboxylic acids is 1. The molecule has 0 spiro atoms. The number of guanidine groups is 1. The summed E-state index contributed by atoms with van der Waals surface area (Å²) >= 11 is 1.53. The normalized spacial score (nSPS) is 11.0. The highest BCUT2D eigenvalue weighted by molar-refractivity contribution is 7.99. The first-order valence-electron chi connectivity index (χ1n) is 8.25. The Morgan fingerprint density at radius 2 is 2.11 bits per heavy atom. The number of hydrogen-bond donors (Lipinski definition) is 3. The third-order valence-corrected chi connectivity index (χ3v) is 4.18. The lowest BCUT2D eigenvalue weighted by atomic mass is 10.2. The maximum atomic E-state index is 11.7. The molecule has 0 aliphatic heterocycles. The number of nitro groups is 1. The summed E-state index contributed by atoms with van der Waals surface area (Å²) in [5, 5.41) is 25.0. The maximum absolute atomic E-state index is 11.7. The van der Waals surface area contributed by atoms with Crippen LogP contribution in [0.15, 0.2) is 28.1 Å². The largest absolute Gasteiger partial charge is 0.481 e. The number of hydrogen-bond acceptors (Lipinski definition) is 7. The highest BCUT2D eigenvalue weighted by Gasteiger charge is 2.17. The van der Waals surface area contributed by atoms with E-state index < -0.39 is 17.0 Å². The number of rotatable bonds is 9.